The Morgan fingerprint density at radius 1 is 1.43 bits per heavy atom. The van der Waals surface area contributed by atoms with Crippen molar-refractivity contribution >= 4 is 6.03 Å². The van der Waals surface area contributed by atoms with Gasteiger partial charge in [-0.05, 0) is 31.0 Å². The number of nitrogens with one attached hydrogen (secondary N) is 2. The van der Waals surface area contributed by atoms with Gasteiger partial charge in [-0.25, -0.2) is 9.18 Å². The fourth-order valence-electron chi connectivity index (χ4n) is 2.08. The molecule has 112 valence electrons. The molecule has 21 heavy (non-hydrogen) atoms. The summed E-state index contributed by atoms with van der Waals surface area (Å²) >= 11 is 0. The quantitative estimate of drug-likeness (QED) is 0.888. The van der Waals surface area contributed by atoms with Crippen LogP contribution in [0.1, 0.15) is 12.1 Å². The zero-order chi connectivity index (χ0) is 15.2. The van der Waals surface area contributed by atoms with Crippen LogP contribution in [0.4, 0.5) is 9.18 Å². The maximum Gasteiger partial charge on any atom is 0.316 e. The van der Waals surface area contributed by atoms with Crippen molar-refractivity contribution < 1.29 is 9.18 Å². The summed E-state index contributed by atoms with van der Waals surface area (Å²) in [5.41, 5.74) is 2.45. The molecule has 0 aliphatic rings. The average molecular weight is 290 g/mol. The van der Waals surface area contributed by atoms with Gasteiger partial charge in [0.05, 0.1) is 5.69 Å². The van der Waals surface area contributed by atoms with Gasteiger partial charge < -0.3 is 10.2 Å². The third kappa shape index (κ3) is 4.05. The Bertz CT molecular complexity index is 611. The molecule has 2 rings (SSSR count). The van der Waals surface area contributed by atoms with Crippen molar-refractivity contribution in [2.24, 2.45) is 0 Å². The molecular formula is C15H19FN4O. The van der Waals surface area contributed by atoms with Crippen LogP contribution >= 0.6 is 0 Å². The van der Waals surface area contributed by atoms with E-state index in [0.29, 0.717) is 6.54 Å². The van der Waals surface area contributed by atoms with Crippen LogP contribution in [0.5, 0.6) is 0 Å². The number of carbonyl (C=O) groups is 1. The van der Waals surface area contributed by atoms with Gasteiger partial charge in [-0.1, -0.05) is 12.1 Å². The minimum Gasteiger partial charge on any atom is -0.341 e. The molecule has 0 radical (unpaired) electrons. The summed E-state index contributed by atoms with van der Waals surface area (Å²) in [7, 11) is 3.36. The number of rotatable bonds is 5. The molecule has 2 amide bonds. The molecule has 0 fully saturated rings. The number of carbonyl (C=O) groups excluding carboxylic acids is 1. The van der Waals surface area contributed by atoms with Crippen LogP contribution in [-0.2, 0) is 6.42 Å². The molecule has 1 aromatic heterocycles. The van der Waals surface area contributed by atoms with E-state index in [-0.39, 0.29) is 11.8 Å². The third-order valence-electron chi connectivity index (χ3n) is 3.25. The number of aryl methyl sites for hydroxylation is 1. The Balaban J connectivity index is 1.90. The number of amides is 2. The molecule has 1 heterocycles. The summed E-state index contributed by atoms with van der Waals surface area (Å²) in [6.45, 7) is 0.661. The van der Waals surface area contributed by atoms with Gasteiger partial charge in [0.25, 0.3) is 0 Å². The van der Waals surface area contributed by atoms with Gasteiger partial charge in [0, 0.05) is 31.9 Å². The second-order valence-electron chi connectivity index (χ2n) is 4.87. The maximum absolute atomic E-state index is 13.2. The predicted octanol–water partition coefficient (Wildman–Crippen LogP) is 2.42. The van der Waals surface area contributed by atoms with Gasteiger partial charge in [0.15, 0.2) is 0 Å². The number of aromatic amines is 1. The first kappa shape index (κ1) is 15.0. The molecule has 2 aromatic rings. The summed E-state index contributed by atoms with van der Waals surface area (Å²) < 4.78 is 13.2. The Kier molecular flexibility index (Phi) is 4.92. The first-order valence-corrected chi connectivity index (χ1v) is 6.83. The SMILES string of the molecule is CNC(=O)N(C)CCCc1cc(-c2cccc(F)c2)n[nH]1. The second-order valence-corrected chi connectivity index (χ2v) is 4.87. The minimum absolute atomic E-state index is 0.0972. The first-order chi connectivity index (χ1) is 10.1. The van der Waals surface area contributed by atoms with Crippen LogP contribution < -0.4 is 5.32 Å². The summed E-state index contributed by atoms with van der Waals surface area (Å²) in [6.07, 6.45) is 1.61. The molecule has 0 bridgehead atoms. The fourth-order valence-corrected chi connectivity index (χ4v) is 2.08. The van der Waals surface area contributed by atoms with Gasteiger partial charge in [-0.15, -0.1) is 0 Å². The van der Waals surface area contributed by atoms with E-state index in [9.17, 15) is 9.18 Å². The molecule has 0 atom stereocenters. The van der Waals surface area contributed by atoms with Crippen LogP contribution in [0.25, 0.3) is 11.3 Å². The normalized spacial score (nSPS) is 10.4. The number of urea groups is 1. The topological polar surface area (TPSA) is 61.0 Å². The molecule has 0 aliphatic carbocycles. The van der Waals surface area contributed by atoms with E-state index in [0.717, 1.165) is 29.8 Å². The highest BCUT2D eigenvalue weighted by atomic mass is 19.1. The largest absolute Gasteiger partial charge is 0.341 e. The van der Waals surface area contributed by atoms with Crippen LogP contribution in [0.2, 0.25) is 0 Å². The minimum atomic E-state index is -0.274. The number of hydrogen-bond donors (Lipinski definition) is 2. The number of benzene rings is 1. The molecule has 0 spiro atoms. The summed E-state index contributed by atoms with van der Waals surface area (Å²) in [4.78, 5) is 13.0. The van der Waals surface area contributed by atoms with Gasteiger partial charge in [0.2, 0.25) is 0 Å². The lowest BCUT2D eigenvalue weighted by atomic mass is 10.1. The maximum atomic E-state index is 13.2. The van der Waals surface area contributed by atoms with Crippen LogP contribution in [0, 0.1) is 5.82 Å². The Morgan fingerprint density at radius 2 is 2.24 bits per heavy atom. The van der Waals surface area contributed by atoms with Gasteiger partial charge in [0.1, 0.15) is 5.82 Å². The van der Waals surface area contributed by atoms with E-state index in [2.05, 4.69) is 15.5 Å². The molecule has 2 N–H and O–H groups in total. The monoisotopic (exact) mass is 290 g/mol. The Hall–Kier alpha value is -2.37. The van der Waals surface area contributed by atoms with E-state index in [4.69, 9.17) is 0 Å². The molecule has 0 saturated heterocycles. The summed E-state index contributed by atoms with van der Waals surface area (Å²) in [5.74, 6) is -0.274. The molecule has 0 unspecified atom stereocenters. The van der Waals surface area contributed by atoms with Crippen molar-refractivity contribution in [3.63, 3.8) is 0 Å². The van der Waals surface area contributed by atoms with Crippen LogP contribution in [0.15, 0.2) is 30.3 Å². The molecule has 0 saturated carbocycles. The second kappa shape index (κ2) is 6.88. The van der Waals surface area contributed by atoms with Crippen molar-refractivity contribution in [1.82, 2.24) is 20.4 Å². The van der Waals surface area contributed by atoms with E-state index in [1.54, 1.807) is 25.1 Å². The number of H-pyrrole nitrogens is 1. The Labute approximate surface area is 123 Å². The van der Waals surface area contributed by atoms with Crippen molar-refractivity contribution in [2.75, 3.05) is 20.6 Å². The number of hydrogen-bond acceptors (Lipinski definition) is 2. The highest BCUT2D eigenvalue weighted by Crippen LogP contribution is 2.19. The van der Waals surface area contributed by atoms with Crippen molar-refractivity contribution in [1.29, 1.82) is 0 Å². The number of halogens is 1. The summed E-state index contributed by atoms with van der Waals surface area (Å²) in [6, 6.07) is 8.17. The van der Waals surface area contributed by atoms with E-state index >= 15 is 0 Å². The molecule has 0 aliphatic heterocycles. The first-order valence-electron chi connectivity index (χ1n) is 6.83. The van der Waals surface area contributed by atoms with Crippen molar-refractivity contribution in [3.8, 4) is 11.3 Å². The predicted molar refractivity (Wildman–Crippen MR) is 79.4 cm³/mol. The van der Waals surface area contributed by atoms with Crippen LogP contribution in [-0.4, -0.2) is 41.8 Å². The molecular weight excluding hydrogens is 271 g/mol. The van der Waals surface area contributed by atoms with Crippen LogP contribution in [0.3, 0.4) is 0 Å². The standard InChI is InChI=1S/C15H19FN4O/c1-17-15(21)20(2)8-4-7-13-10-14(19-18-13)11-5-3-6-12(16)9-11/h3,5-6,9-10H,4,7-8H2,1-2H3,(H,17,21)(H,18,19). The lowest BCUT2D eigenvalue weighted by Gasteiger charge is -2.15. The highest BCUT2D eigenvalue weighted by molar-refractivity contribution is 5.73. The summed E-state index contributed by atoms with van der Waals surface area (Å²) in [5, 5.41) is 9.72. The smallest absolute Gasteiger partial charge is 0.316 e. The van der Waals surface area contributed by atoms with Gasteiger partial charge >= 0.3 is 6.03 Å². The zero-order valence-corrected chi connectivity index (χ0v) is 12.2. The Morgan fingerprint density at radius 3 is 2.95 bits per heavy atom. The number of nitrogens with zero attached hydrogens (tertiary/aromatic N) is 2. The van der Waals surface area contributed by atoms with E-state index in [1.165, 1.54) is 12.1 Å². The molecule has 5 nitrogen and oxygen atoms in total. The zero-order valence-electron chi connectivity index (χ0n) is 12.2. The molecule has 1 aromatic carbocycles. The lowest BCUT2D eigenvalue weighted by Crippen LogP contribution is -2.35. The highest BCUT2D eigenvalue weighted by Gasteiger charge is 2.07. The molecule has 6 heteroatoms. The van der Waals surface area contributed by atoms with Crippen molar-refractivity contribution in [3.05, 3.63) is 41.8 Å². The fraction of sp³-hybridized carbons (Fsp3) is 0.333. The van der Waals surface area contributed by atoms with E-state index in [1.807, 2.05) is 12.1 Å². The van der Waals surface area contributed by atoms with E-state index < -0.39 is 0 Å². The lowest BCUT2D eigenvalue weighted by molar-refractivity contribution is 0.210. The average Bonchev–Trinajstić information content (AvgIpc) is 2.95. The number of aromatic nitrogens is 2. The van der Waals surface area contributed by atoms with Gasteiger partial charge in [-0.2, -0.15) is 5.10 Å². The third-order valence-corrected chi connectivity index (χ3v) is 3.25. The van der Waals surface area contributed by atoms with Gasteiger partial charge in [-0.3, -0.25) is 5.10 Å². The van der Waals surface area contributed by atoms with Crippen molar-refractivity contribution in [2.45, 2.75) is 12.8 Å².